The van der Waals surface area contributed by atoms with Crippen LogP contribution in [-0.2, 0) is 20.0 Å². The van der Waals surface area contributed by atoms with Crippen molar-refractivity contribution in [3.63, 3.8) is 0 Å². The summed E-state index contributed by atoms with van der Waals surface area (Å²) in [5.41, 5.74) is 5.30. The SMILES string of the molecule is Cc1cccc(C)c1CCNC(=NCc1nnc(C)n1C)NCCCN(C)c1ccccc1.I. The van der Waals surface area contributed by atoms with E-state index in [1.54, 1.807) is 0 Å². The number of anilines is 1. The van der Waals surface area contributed by atoms with E-state index >= 15 is 0 Å². The Morgan fingerprint density at radius 1 is 0.941 bits per heavy atom. The van der Waals surface area contributed by atoms with Crippen LogP contribution in [0.4, 0.5) is 5.69 Å². The van der Waals surface area contributed by atoms with E-state index in [2.05, 4.69) is 89.1 Å². The Morgan fingerprint density at radius 2 is 1.62 bits per heavy atom. The summed E-state index contributed by atoms with van der Waals surface area (Å²) in [5.74, 6) is 2.55. The average molecular weight is 576 g/mol. The van der Waals surface area contributed by atoms with Crippen molar-refractivity contribution in [1.82, 2.24) is 25.4 Å². The summed E-state index contributed by atoms with van der Waals surface area (Å²) in [6.07, 6.45) is 1.96. The molecule has 0 bridgehead atoms. The Hall–Kier alpha value is -2.62. The molecule has 7 nitrogen and oxygen atoms in total. The molecule has 3 aromatic rings. The predicted octanol–water partition coefficient (Wildman–Crippen LogP) is 4.16. The van der Waals surface area contributed by atoms with Gasteiger partial charge in [0, 0.05) is 39.4 Å². The third-order valence-electron chi connectivity index (χ3n) is 6.03. The molecule has 0 aliphatic rings. The number of guanidine groups is 1. The molecule has 0 spiro atoms. The monoisotopic (exact) mass is 575 g/mol. The van der Waals surface area contributed by atoms with Crippen LogP contribution in [-0.4, -0.2) is 47.4 Å². The van der Waals surface area contributed by atoms with Crippen molar-refractivity contribution in [2.75, 3.05) is 31.6 Å². The second-order valence-corrected chi connectivity index (χ2v) is 8.47. The number of aromatic nitrogens is 3. The number of rotatable bonds is 10. The second-order valence-electron chi connectivity index (χ2n) is 8.47. The molecule has 0 atom stereocenters. The van der Waals surface area contributed by atoms with Crippen molar-refractivity contribution in [2.45, 2.75) is 40.2 Å². The van der Waals surface area contributed by atoms with E-state index in [1.807, 2.05) is 24.6 Å². The maximum Gasteiger partial charge on any atom is 0.191 e. The number of nitrogens with one attached hydrogen (secondary N) is 2. The van der Waals surface area contributed by atoms with E-state index in [4.69, 9.17) is 4.99 Å². The molecule has 0 saturated carbocycles. The van der Waals surface area contributed by atoms with Crippen molar-refractivity contribution >= 4 is 35.6 Å². The normalized spacial score (nSPS) is 11.1. The topological polar surface area (TPSA) is 70.4 Å². The van der Waals surface area contributed by atoms with Gasteiger partial charge in [0.1, 0.15) is 12.4 Å². The van der Waals surface area contributed by atoms with Crippen LogP contribution in [0.1, 0.15) is 34.8 Å². The third kappa shape index (κ3) is 8.00. The van der Waals surface area contributed by atoms with E-state index < -0.39 is 0 Å². The molecular formula is C26H38IN7. The highest BCUT2D eigenvalue weighted by molar-refractivity contribution is 14.0. The van der Waals surface area contributed by atoms with Gasteiger partial charge in [0.05, 0.1) is 0 Å². The van der Waals surface area contributed by atoms with Crippen LogP contribution < -0.4 is 15.5 Å². The summed E-state index contributed by atoms with van der Waals surface area (Å²) in [6.45, 7) is 9.41. The van der Waals surface area contributed by atoms with Gasteiger partial charge in [0.2, 0.25) is 0 Å². The Bertz CT molecular complexity index is 1030. The zero-order valence-electron chi connectivity index (χ0n) is 21.0. The summed E-state index contributed by atoms with van der Waals surface area (Å²) in [6, 6.07) is 16.9. The average Bonchev–Trinajstić information content (AvgIpc) is 3.14. The fraction of sp³-hybridized carbons (Fsp3) is 0.423. The molecule has 2 aromatic carbocycles. The van der Waals surface area contributed by atoms with Crippen molar-refractivity contribution in [2.24, 2.45) is 12.0 Å². The highest BCUT2D eigenvalue weighted by Gasteiger charge is 2.07. The molecule has 0 aliphatic heterocycles. The molecule has 0 amide bonds. The molecule has 0 unspecified atom stereocenters. The molecule has 34 heavy (non-hydrogen) atoms. The van der Waals surface area contributed by atoms with Gasteiger partial charge in [-0.15, -0.1) is 34.2 Å². The minimum atomic E-state index is 0. The van der Waals surface area contributed by atoms with Gasteiger partial charge in [-0.25, -0.2) is 4.99 Å². The first kappa shape index (κ1) is 27.6. The van der Waals surface area contributed by atoms with Crippen LogP contribution in [0.15, 0.2) is 53.5 Å². The molecule has 0 radical (unpaired) electrons. The fourth-order valence-corrected chi connectivity index (χ4v) is 3.80. The summed E-state index contributed by atoms with van der Waals surface area (Å²) >= 11 is 0. The lowest BCUT2D eigenvalue weighted by Crippen LogP contribution is -2.39. The van der Waals surface area contributed by atoms with Crippen LogP contribution in [0.2, 0.25) is 0 Å². The molecule has 8 heteroatoms. The maximum atomic E-state index is 4.78. The van der Waals surface area contributed by atoms with Crippen molar-refractivity contribution in [1.29, 1.82) is 0 Å². The molecule has 184 valence electrons. The largest absolute Gasteiger partial charge is 0.375 e. The van der Waals surface area contributed by atoms with E-state index in [9.17, 15) is 0 Å². The lowest BCUT2D eigenvalue weighted by Gasteiger charge is -2.20. The molecule has 0 aliphatic carbocycles. The third-order valence-corrected chi connectivity index (χ3v) is 6.03. The number of nitrogens with zero attached hydrogens (tertiary/aromatic N) is 5. The van der Waals surface area contributed by atoms with Gasteiger partial charge in [-0.2, -0.15) is 0 Å². The number of aliphatic imine (C=N–C) groups is 1. The quantitative estimate of drug-likeness (QED) is 0.165. The van der Waals surface area contributed by atoms with Gasteiger partial charge in [-0.1, -0.05) is 36.4 Å². The smallest absolute Gasteiger partial charge is 0.191 e. The van der Waals surface area contributed by atoms with Crippen LogP contribution in [0.25, 0.3) is 0 Å². The van der Waals surface area contributed by atoms with Gasteiger partial charge >= 0.3 is 0 Å². The van der Waals surface area contributed by atoms with Gasteiger partial charge in [0.15, 0.2) is 11.8 Å². The van der Waals surface area contributed by atoms with Gasteiger partial charge in [-0.3, -0.25) is 0 Å². The van der Waals surface area contributed by atoms with Crippen molar-refractivity contribution < 1.29 is 0 Å². The summed E-state index contributed by atoms with van der Waals surface area (Å²) in [7, 11) is 4.10. The highest BCUT2D eigenvalue weighted by atomic mass is 127. The summed E-state index contributed by atoms with van der Waals surface area (Å²) in [5, 5.41) is 15.4. The maximum absolute atomic E-state index is 4.78. The van der Waals surface area contributed by atoms with Crippen LogP contribution in [0, 0.1) is 20.8 Å². The van der Waals surface area contributed by atoms with Gasteiger partial charge in [0.25, 0.3) is 0 Å². The zero-order valence-corrected chi connectivity index (χ0v) is 23.3. The minimum absolute atomic E-state index is 0. The van der Waals surface area contributed by atoms with E-state index in [-0.39, 0.29) is 24.0 Å². The number of hydrogen-bond donors (Lipinski definition) is 2. The molecule has 2 N–H and O–H groups in total. The highest BCUT2D eigenvalue weighted by Crippen LogP contribution is 2.13. The number of hydrogen-bond acceptors (Lipinski definition) is 4. The lowest BCUT2D eigenvalue weighted by molar-refractivity contribution is 0.714. The zero-order chi connectivity index (χ0) is 23.6. The van der Waals surface area contributed by atoms with Crippen LogP contribution in [0.5, 0.6) is 0 Å². The summed E-state index contributed by atoms with van der Waals surface area (Å²) in [4.78, 5) is 7.05. The van der Waals surface area contributed by atoms with Crippen LogP contribution >= 0.6 is 24.0 Å². The number of para-hydroxylation sites is 1. The second kappa shape index (κ2) is 13.9. The Morgan fingerprint density at radius 3 is 2.26 bits per heavy atom. The van der Waals surface area contributed by atoms with Crippen LogP contribution in [0.3, 0.4) is 0 Å². The van der Waals surface area contributed by atoms with Gasteiger partial charge in [-0.05, 0) is 62.4 Å². The Balaban J connectivity index is 0.00000408. The number of aryl methyl sites for hydroxylation is 3. The minimum Gasteiger partial charge on any atom is -0.375 e. The Kier molecular flexibility index (Phi) is 11.3. The standard InChI is InChI=1S/C26H37N7.HI/c1-20-11-9-12-21(2)24(20)15-17-28-26(29-19-25-31-30-22(3)33(25)5)27-16-10-18-32(4)23-13-7-6-8-14-23;/h6-9,11-14H,10,15-19H2,1-5H3,(H2,27,28,29);1H. The molecule has 0 saturated heterocycles. The number of halogens is 1. The molecule has 0 fully saturated rings. The van der Waals surface area contributed by atoms with Gasteiger partial charge < -0.3 is 20.1 Å². The van der Waals surface area contributed by atoms with E-state index in [1.165, 1.54) is 22.4 Å². The van der Waals surface area contributed by atoms with Crippen molar-refractivity contribution in [3.8, 4) is 0 Å². The van der Waals surface area contributed by atoms with E-state index in [0.29, 0.717) is 6.54 Å². The molecule has 3 rings (SSSR count). The molecular weight excluding hydrogens is 537 g/mol. The molecule has 1 aromatic heterocycles. The lowest BCUT2D eigenvalue weighted by atomic mass is 10.0. The summed E-state index contributed by atoms with van der Waals surface area (Å²) < 4.78 is 1.98. The Labute approximate surface area is 221 Å². The first-order valence-corrected chi connectivity index (χ1v) is 11.6. The first-order valence-electron chi connectivity index (χ1n) is 11.6. The van der Waals surface area contributed by atoms with E-state index in [0.717, 1.165) is 50.1 Å². The van der Waals surface area contributed by atoms with Crippen molar-refractivity contribution in [3.05, 3.63) is 76.9 Å². The first-order chi connectivity index (χ1) is 16.0. The number of benzene rings is 2. The fourth-order valence-electron chi connectivity index (χ4n) is 3.80. The molecule has 1 heterocycles. The predicted molar refractivity (Wildman–Crippen MR) is 152 cm³/mol.